The van der Waals surface area contributed by atoms with Gasteiger partial charge < -0.3 is 19.7 Å². The van der Waals surface area contributed by atoms with Crippen LogP contribution in [0.15, 0.2) is 67.0 Å². The van der Waals surface area contributed by atoms with Gasteiger partial charge in [0.05, 0.1) is 18.5 Å². The summed E-state index contributed by atoms with van der Waals surface area (Å²) in [5.41, 5.74) is 1.00. The van der Waals surface area contributed by atoms with E-state index in [1.54, 1.807) is 49.7 Å². The van der Waals surface area contributed by atoms with Crippen molar-refractivity contribution < 1.29 is 19.1 Å². The highest BCUT2D eigenvalue weighted by atomic mass is 16.5. The van der Waals surface area contributed by atoms with E-state index in [0.29, 0.717) is 42.1 Å². The molecule has 1 fully saturated rings. The quantitative estimate of drug-likeness (QED) is 0.583. The van der Waals surface area contributed by atoms with Crippen LogP contribution >= 0.6 is 0 Å². The van der Waals surface area contributed by atoms with Crippen LogP contribution in [0.25, 0.3) is 0 Å². The normalized spacial score (nSPS) is 17.6. The van der Waals surface area contributed by atoms with Crippen LogP contribution in [0.1, 0.15) is 34.6 Å². The Morgan fingerprint density at radius 1 is 1.06 bits per heavy atom. The minimum atomic E-state index is -0.894. The Bertz CT molecular complexity index is 1140. The van der Waals surface area contributed by atoms with Crippen molar-refractivity contribution in [1.82, 2.24) is 20.2 Å². The third-order valence-corrected chi connectivity index (χ3v) is 6.11. The summed E-state index contributed by atoms with van der Waals surface area (Å²) in [6.07, 6.45) is 4.69. The summed E-state index contributed by atoms with van der Waals surface area (Å²) in [6, 6.07) is 16.2. The highest BCUT2D eigenvalue weighted by molar-refractivity contribution is 5.96. The van der Waals surface area contributed by atoms with Crippen LogP contribution in [0.3, 0.4) is 0 Å². The van der Waals surface area contributed by atoms with Gasteiger partial charge in [-0.3, -0.25) is 19.6 Å². The summed E-state index contributed by atoms with van der Waals surface area (Å²) in [5.74, 6) is 0.671. The maximum Gasteiger partial charge on any atom is 0.254 e. The monoisotopic (exact) mass is 460 g/mol. The molecule has 1 saturated heterocycles. The van der Waals surface area contributed by atoms with Gasteiger partial charge in [-0.1, -0.05) is 12.1 Å². The van der Waals surface area contributed by atoms with Crippen molar-refractivity contribution >= 4 is 11.8 Å². The van der Waals surface area contributed by atoms with Crippen LogP contribution in [-0.4, -0.2) is 53.9 Å². The molecule has 1 atom stereocenters. The molecule has 0 bridgehead atoms. The Morgan fingerprint density at radius 2 is 1.85 bits per heavy atom. The average Bonchev–Trinajstić information content (AvgIpc) is 2.91. The Labute approximate surface area is 198 Å². The van der Waals surface area contributed by atoms with Crippen LogP contribution in [0.4, 0.5) is 0 Å². The molecule has 3 heterocycles. The van der Waals surface area contributed by atoms with E-state index in [-0.39, 0.29) is 25.0 Å². The Morgan fingerprint density at radius 3 is 2.53 bits per heavy atom. The number of likely N-dealkylation sites (tertiary alicyclic amines) is 1. The van der Waals surface area contributed by atoms with Crippen LogP contribution in [0.5, 0.6) is 11.5 Å². The number of benzene rings is 1. The molecule has 8 nitrogen and oxygen atoms in total. The van der Waals surface area contributed by atoms with E-state index in [4.69, 9.17) is 9.47 Å². The number of carbonyl (C=O) groups excluding carboxylic acids is 2. The molecule has 8 heteroatoms. The number of amides is 2. The Balaban J connectivity index is 1.58. The Kier molecular flexibility index (Phi) is 7.06. The van der Waals surface area contributed by atoms with Crippen molar-refractivity contribution in [3.05, 3.63) is 83.9 Å². The number of nitrogens with one attached hydrogen (secondary N) is 1. The molecule has 2 amide bonds. The second kappa shape index (κ2) is 10.3. The van der Waals surface area contributed by atoms with Crippen LogP contribution in [0, 0.1) is 0 Å². The summed E-state index contributed by atoms with van der Waals surface area (Å²) in [7, 11) is 3.17. The van der Waals surface area contributed by atoms with E-state index in [0.717, 1.165) is 5.69 Å². The van der Waals surface area contributed by atoms with Gasteiger partial charge in [0.25, 0.3) is 5.91 Å². The van der Waals surface area contributed by atoms with Crippen molar-refractivity contribution in [3.8, 4) is 11.5 Å². The molecule has 0 saturated carbocycles. The zero-order chi connectivity index (χ0) is 24.0. The topological polar surface area (TPSA) is 93.7 Å². The number of hydrogen-bond acceptors (Lipinski definition) is 6. The average molecular weight is 461 g/mol. The van der Waals surface area contributed by atoms with Crippen LogP contribution < -0.4 is 14.8 Å². The fourth-order valence-electron chi connectivity index (χ4n) is 4.37. The van der Waals surface area contributed by atoms with E-state index < -0.39 is 5.41 Å². The third kappa shape index (κ3) is 4.71. The maximum atomic E-state index is 13.5. The molecule has 0 aliphatic carbocycles. The summed E-state index contributed by atoms with van der Waals surface area (Å²) in [4.78, 5) is 37.0. The first-order valence-corrected chi connectivity index (χ1v) is 11.2. The summed E-state index contributed by atoms with van der Waals surface area (Å²) >= 11 is 0. The number of carbonyl (C=O) groups is 2. The van der Waals surface area contributed by atoms with Gasteiger partial charge in [-0.2, -0.15) is 0 Å². The van der Waals surface area contributed by atoms with E-state index in [1.807, 2.05) is 36.4 Å². The first kappa shape index (κ1) is 23.2. The Hall–Kier alpha value is -3.94. The minimum Gasteiger partial charge on any atom is -0.493 e. The molecule has 4 rings (SSSR count). The second-order valence-electron chi connectivity index (χ2n) is 8.18. The fraction of sp³-hybridized carbons (Fsp3) is 0.308. The number of hydrogen-bond donors (Lipinski definition) is 1. The number of rotatable bonds is 7. The van der Waals surface area contributed by atoms with Crippen LogP contribution in [-0.2, 0) is 16.8 Å². The molecule has 1 N–H and O–H groups in total. The fourth-order valence-corrected chi connectivity index (χ4v) is 4.37. The van der Waals surface area contributed by atoms with Crippen molar-refractivity contribution in [2.45, 2.75) is 24.9 Å². The number of piperidine rings is 1. The lowest BCUT2D eigenvalue weighted by atomic mass is 9.75. The molecule has 0 unspecified atom stereocenters. The molecule has 3 aromatic rings. The SMILES string of the molecule is CNC(=O)[C@]1(c2ccccn2)CCCN(C(=O)c2ccc(OC)c(OCc3ccccn3)c2)C1. The summed E-state index contributed by atoms with van der Waals surface area (Å²) in [6.45, 7) is 1.05. The molecule has 34 heavy (non-hydrogen) atoms. The third-order valence-electron chi connectivity index (χ3n) is 6.11. The molecular weight excluding hydrogens is 432 g/mol. The lowest BCUT2D eigenvalue weighted by molar-refractivity contribution is -0.128. The van der Waals surface area contributed by atoms with E-state index in [1.165, 1.54) is 0 Å². The smallest absolute Gasteiger partial charge is 0.254 e. The lowest BCUT2D eigenvalue weighted by Crippen LogP contribution is -2.56. The molecule has 1 aliphatic rings. The zero-order valence-corrected chi connectivity index (χ0v) is 19.4. The first-order chi connectivity index (χ1) is 16.6. The van der Waals surface area contributed by atoms with Crippen molar-refractivity contribution in [3.63, 3.8) is 0 Å². The molecule has 1 aliphatic heterocycles. The van der Waals surface area contributed by atoms with Gasteiger partial charge in [0.15, 0.2) is 11.5 Å². The van der Waals surface area contributed by atoms with Crippen molar-refractivity contribution in [2.24, 2.45) is 0 Å². The van der Waals surface area contributed by atoms with Gasteiger partial charge in [0.1, 0.15) is 12.0 Å². The van der Waals surface area contributed by atoms with Gasteiger partial charge in [0, 0.05) is 38.1 Å². The molecule has 0 spiro atoms. The largest absolute Gasteiger partial charge is 0.493 e. The standard InChI is InChI=1S/C26H28N4O4/c1-27-25(32)26(23-9-4-6-14-29-23)12-7-15-30(18-26)24(31)19-10-11-21(33-2)22(16-19)34-17-20-8-3-5-13-28-20/h3-6,8-11,13-14,16H,7,12,15,17-18H2,1-2H3,(H,27,32)/t26-/m1/s1. The minimum absolute atomic E-state index is 0.141. The number of nitrogens with zero attached hydrogens (tertiary/aromatic N) is 3. The number of methoxy groups -OCH3 is 1. The predicted molar refractivity (Wildman–Crippen MR) is 127 cm³/mol. The predicted octanol–water partition coefficient (Wildman–Crippen LogP) is 2.98. The van der Waals surface area contributed by atoms with Crippen molar-refractivity contribution in [2.75, 3.05) is 27.2 Å². The van der Waals surface area contributed by atoms with Gasteiger partial charge in [-0.15, -0.1) is 0 Å². The molecule has 0 radical (unpaired) electrons. The highest BCUT2D eigenvalue weighted by Gasteiger charge is 2.45. The van der Waals surface area contributed by atoms with Crippen molar-refractivity contribution in [1.29, 1.82) is 0 Å². The summed E-state index contributed by atoms with van der Waals surface area (Å²) < 4.78 is 11.3. The highest BCUT2D eigenvalue weighted by Crippen LogP contribution is 2.35. The van der Waals surface area contributed by atoms with Gasteiger partial charge >= 0.3 is 0 Å². The molecular formula is C26H28N4O4. The van der Waals surface area contributed by atoms with E-state index in [9.17, 15) is 9.59 Å². The van der Waals surface area contributed by atoms with Gasteiger partial charge in [-0.05, 0) is 55.3 Å². The number of likely N-dealkylation sites (N-methyl/N-ethyl adjacent to an activating group) is 1. The number of aromatic nitrogens is 2. The zero-order valence-electron chi connectivity index (χ0n) is 19.4. The molecule has 176 valence electrons. The van der Waals surface area contributed by atoms with Gasteiger partial charge in [-0.25, -0.2) is 0 Å². The number of ether oxygens (including phenoxy) is 2. The van der Waals surface area contributed by atoms with E-state index in [2.05, 4.69) is 15.3 Å². The second-order valence-corrected chi connectivity index (χ2v) is 8.18. The van der Waals surface area contributed by atoms with Crippen LogP contribution in [0.2, 0.25) is 0 Å². The number of pyridine rings is 2. The maximum absolute atomic E-state index is 13.5. The van der Waals surface area contributed by atoms with Gasteiger partial charge in [0.2, 0.25) is 5.91 Å². The summed E-state index contributed by atoms with van der Waals surface area (Å²) in [5, 5.41) is 2.77. The first-order valence-electron chi connectivity index (χ1n) is 11.2. The molecule has 1 aromatic carbocycles. The molecule has 2 aromatic heterocycles. The lowest BCUT2D eigenvalue weighted by Gasteiger charge is -2.41. The van der Waals surface area contributed by atoms with E-state index >= 15 is 0 Å².